The van der Waals surface area contributed by atoms with Gasteiger partial charge in [0.15, 0.2) is 0 Å². The Kier molecular flexibility index (Phi) is 4.84. The molecule has 0 fully saturated rings. The fourth-order valence-corrected chi connectivity index (χ4v) is 2.38. The van der Waals surface area contributed by atoms with Crippen LogP contribution in [0, 0.1) is 13.8 Å². The van der Waals surface area contributed by atoms with E-state index >= 15 is 0 Å². The zero-order valence-electron chi connectivity index (χ0n) is 12.1. The number of halogens is 1. The Hall–Kier alpha value is -1.32. The summed E-state index contributed by atoms with van der Waals surface area (Å²) in [5, 5.41) is 0. The van der Waals surface area contributed by atoms with Crippen LogP contribution in [-0.2, 0) is 0 Å². The van der Waals surface area contributed by atoms with Crippen LogP contribution in [0.25, 0.3) is 0 Å². The minimum absolute atomic E-state index is 0.0870. The molecule has 3 heteroatoms. The highest BCUT2D eigenvalue weighted by Crippen LogP contribution is 2.29. The maximum Gasteiger partial charge on any atom is 0.138 e. The van der Waals surface area contributed by atoms with E-state index in [9.17, 15) is 0 Å². The average Bonchev–Trinajstić information content (AvgIpc) is 2.41. The van der Waals surface area contributed by atoms with E-state index in [4.69, 9.17) is 10.5 Å². The number of aryl methyl sites for hydroxylation is 1. The van der Waals surface area contributed by atoms with Crippen LogP contribution >= 0.6 is 15.9 Å². The molecule has 2 N–H and O–H groups in total. The molecule has 0 aliphatic carbocycles. The van der Waals surface area contributed by atoms with Gasteiger partial charge in [-0.05, 0) is 55.7 Å². The molecule has 0 saturated heterocycles. The fourth-order valence-electron chi connectivity index (χ4n) is 2.12. The highest BCUT2D eigenvalue weighted by molar-refractivity contribution is 9.10. The lowest BCUT2D eigenvalue weighted by Crippen LogP contribution is -2.29. The lowest BCUT2D eigenvalue weighted by atomic mass is 10.0. The first-order chi connectivity index (χ1) is 9.49. The van der Waals surface area contributed by atoms with E-state index in [2.05, 4.69) is 35.8 Å². The van der Waals surface area contributed by atoms with Crippen LogP contribution in [0.4, 0.5) is 0 Å². The first-order valence-electron chi connectivity index (χ1n) is 6.73. The predicted molar refractivity (Wildman–Crippen MR) is 87.1 cm³/mol. The molecule has 0 heterocycles. The standard InChI is InChI=1S/C17H20BrNO/c1-11-5-4-6-16(12(11)2)20-17(13(3)19)14-7-9-15(18)10-8-14/h4-10,13,17H,19H2,1-3H3. The van der Waals surface area contributed by atoms with Crippen LogP contribution in [0.5, 0.6) is 5.75 Å². The van der Waals surface area contributed by atoms with E-state index in [-0.39, 0.29) is 12.1 Å². The van der Waals surface area contributed by atoms with E-state index < -0.39 is 0 Å². The van der Waals surface area contributed by atoms with E-state index in [0.29, 0.717) is 0 Å². The maximum atomic E-state index is 6.17. The molecule has 0 aliphatic heterocycles. The molecule has 2 rings (SSSR count). The van der Waals surface area contributed by atoms with Crippen molar-refractivity contribution >= 4 is 15.9 Å². The molecule has 106 valence electrons. The molecule has 2 unspecified atom stereocenters. The molecule has 0 bridgehead atoms. The smallest absolute Gasteiger partial charge is 0.138 e. The summed E-state index contributed by atoms with van der Waals surface area (Å²) in [5.41, 5.74) is 9.58. The van der Waals surface area contributed by atoms with Gasteiger partial charge in [-0.2, -0.15) is 0 Å². The Bertz CT molecular complexity index is 578. The van der Waals surface area contributed by atoms with Crippen molar-refractivity contribution in [2.75, 3.05) is 0 Å². The molecular formula is C17H20BrNO. The Morgan fingerprint density at radius 1 is 1.05 bits per heavy atom. The molecule has 2 atom stereocenters. The Labute approximate surface area is 129 Å². The number of rotatable bonds is 4. The van der Waals surface area contributed by atoms with E-state index in [1.165, 1.54) is 5.56 Å². The van der Waals surface area contributed by atoms with Gasteiger partial charge in [0, 0.05) is 10.5 Å². The highest BCUT2D eigenvalue weighted by atomic mass is 79.9. The largest absolute Gasteiger partial charge is 0.484 e. The average molecular weight is 334 g/mol. The van der Waals surface area contributed by atoms with E-state index in [0.717, 1.165) is 21.3 Å². The van der Waals surface area contributed by atoms with Crippen molar-refractivity contribution in [2.24, 2.45) is 5.73 Å². The Morgan fingerprint density at radius 3 is 2.30 bits per heavy atom. The number of hydrogen-bond acceptors (Lipinski definition) is 2. The van der Waals surface area contributed by atoms with Crippen LogP contribution in [0.1, 0.15) is 29.7 Å². The Balaban J connectivity index is 2.30. The summed E-state index contributed by atoms with van der Waals surface area (Å²) < 4.78 is 7.23. The SMILES string of the molecule is Cc1cccc(OC(c2ccc(Br)cc2)C(C)N)c1C. The van der Waals surface area contributed by atoms with Crippen molar-refractivity contribution < 1.29 is 4.74 Å². The van der Waals surface area contributed by atoms with Gasteiger partial charge in [-0.3, -0.25) is 0 Å². The van der Waals surface area contributed by atoms with Crippen molar-refractivity contribution in [3.8, 4) is 5.75 Å². The second-order valence-corrected chi connectivity index (χ2v) is 6.06. The summed E-state index contributed by atoms with van der Waals surface area (Å²) in [6.45, 7) is 6.13. The van der Waals surface area contributed by atoms with E-state index in [1.807, 2.05) is 43.3 Å². The third-order valence-electron chi connectivity index (χ3n) is 3.48. The van der Waals surface area contributed by atoms with Crippen LogP contribution in [-0.4, -0.2) is 6.04 Å². The van der Waals surface area contributed by atoms with Gasteiger partial charge in [-0.25, -0.2) is 0 Å². The van der Waals surface area contributed by atoms with Gasteiger partial charge in [0.05, 0.1) is 0 Å². The number of hydrogen-bond donors (Lipinski definition) is 1. The minimum Gasteiger partial charge on any atom is -0.484 e. The van der Waals surface area contributed by atoms with Gasteiger partial charge in [0.25, 0.3) is 0 Å². The summed E-state index contributed by atoms with van der Waals surface area (Å²) >= 11 is 3.45. The maximum absolute atomic E-state index is 6.17. The van der Waals surface area contributed by atoms with E-state index in [1.54, 1.807) is 0 Å². The van der Waals surface area contributed by atoms with Crippen molar-refractivity contribution in [3.63, 3.8) is 0 Å². The second kappa shape index (κ2) is 6.42. The highest BCUT2D eigenvalue weighted by Gasteiger charge is 2.19. The molecule has 2 aromatic rings. The monoisotopic (exact) mass is 333 g/mol. The molecule has 2 aromatic carbocycles. The Morgan fingerprint density at radius 2 is 1.70 bits per heavy atom. The number of benzene rings is 2. The number of ether oxygens (including phenoxy) is 1. The molecule has 0 aliphatic rings. The van der Waals surface area contributed by atoms with Gasteiger partial charge in [0.2, 0.25) is 0 Å². The molecule has 0 spiro atoms. The lowest BCUT2D eigenvalue weighted by molar-refractivity contribution is 0.179. The zero-order chi connectivity index (χ0) is 14.7. The van der Waals surface area contributed by atoms with Crippen molar-refractivity contribution in [2.45, 2.75) is 32.9 Å². The van der Waals surface area contributed by atoms with Crippen LogP contribution < -0.4 is 10.5 Å². The minimum atomic E-state index is -0.149. The van der Waals surface area contributed by atoms with Gasteiger partial charge >= 0.3 is 0 Å². The third kappa shape index (κ3) is 3.41. The first-order valence-corrected chi connectivity index (χ1v) is 7.52. The summed E-state index contributed by atoms with van der Waals surface area (Å²) in [6, 6.07) is 14.1. The fraction of sp³-hybridized carbons (Fsp3) is 0.294. The molecule has 0 saturated carbocycles. The van der Waals surface area contributed by atoms with Crippen LogP contribution in [0.15, 0.2) is 46.9 Å². The lowest BCUT2D eigenvalue weighted by Gasteiger charge is -2.24. The molecular weight excluding hydrogens is 314 g/mol. The summed E-state index contributed by atoms with van der Waals surface area (Å²) in [4.78, 5) is 0. The predicted octanol–water partition coefficient (Wildman–Crippen LogP) is 4.53. The van der Waals surface area contributed by atoms with Gasteiger partial charge < -0.3 is 10.5 Å². The van der Waals surface area contributed by atoms with Crippen LogP contribution in [0.2, 0.25) is 0 Å². The van der Waals surface area contributed by atoms with Gasteiger partial charge in [-0.1, -0.05) is 40.2 Å². The quantitative estimate of drug-likeness (QED) is 0.891. The van der Waals surface area contributed by atoms with Gasteiger partial charge in [0.1, 0.15) is 11.9 Å². The second-order valence-electron chi connectivity index (χ2n) is 5.15. The van der Waals surface area contributed by atoms with Crippen molar-refractivity contribution in [1.29, 1.82) is 0 Å². The summed E-state index contributed by atoms with van der Waals surface area (Å²) in [5.74, 6) is 0.898. The normalized spacial score (nSPS) is 13.8. The number of nitrogens with two attached hydrogens (primary N) is 1. The first kappa shape index (κ1) is 15.1. The topological polar surface area (TPSA) is 35.2 Å². The molecule has 2 nitrogen and oxygen atoms in total. The van der Waals surface area contributed by atoms with Crippen LogP contribution in [0.3, 0.4) is 0 Å². The molecule has 0 radical (unpaired) electrons. The van der Waals surface area contributed by atoms with Crippen molar-refractivity contribution in [3.05, 3.63) is 63.6 Å². The van der Waals surface area contributed by atoms with Crippen molar-refractivity contribution in [1.82, 2.24) is 0 Å². The molecule has 0 amide bonds. The zero-order valence-corrected chi connectivity index (χ0v) is 13.6. The summed E-state index contributed by atoms with van der Waals surface area (Å²) in [7, 11) is 0. The molecule has 0 aromatic heterocycles. The summed E-state index contributed by atoms with van der Waals surface area (Å²) in [6.07, 6.45) is -0.149. The van der Waals surface area contributed by atoms with Gasteiger partial charge in [-0.15, -0.1) is 0 Å². The third-order valence-corrected chi connectivity index (χ3v) is 4.01. The molecule has 20 heavy (non-hydrogen) atoms.